The van der Waals surface area contributed by atoms with Gasteiger partial charge in [0.1, 0.15) is 0 Å². The van der Waals surface area contributed by atoms with Gasteiger partial charge in [0.25, 0.3) is 0 Å². The Balaban J connectivity index is 0.000000399. The van der Waals surface area contributed by atoms with E-state index in [1.54, 1.807) is 16.8 Å². The van der Waals surface area contributed by atoms with Crippen molar-refractivity contribution in [2.24, 2.45) is 0 Å². The molecule has 0 radical (unpaired) electrons. The van der Waals surface area contributed by atoms with Gasteiger partial charge in [-0.3, -0.25) is 4.79 Å². The van der Waals surface area contributed by atoms with Gasteiger partial charge in [-0.05, 0) is 34.1 Å². The molecule has 1 aromatic carbocycles. The summed E-state index contributed by atoms with van der Waals surface area (Å²) < 4.78 is 40.8. The molecule has 0 bridgehead atoms. The molecule has 10 heteroatoms. The van der Waals surface area contributed by atoms with E-state index in [0.29, 0.717) is 16.6 Å². The van der Waals surface area contributed by atoms with E-state index in [9.17, 15) is 18.0 Å². The first-order valence-corrected chi connectivity index (χ1v) is 8.14. The molecule has 5 nitrogen and oxygen atoms in total. The van der Waals surface area contributed by atoms with Gasteiger partial charge in [-0.2, -0.15) is 36.0 Å². The number of aliphatic carboxylic acids is 1. The number of rotatable bonds is 2. The van der Waals surface area contributed by atoms with Crippen LogP contribution < -0.4 is 0 Å². The van der Waals surface area contributed by atoms with Crippen LogP contribution in [0.25, 0.3) is 16.6 Å². The number of halogens is 4. The van der Waals surface area contributed by atoms with Gasteiger partial charge in [-0.15, -0.1) is 0 Å². The summed E-state index contributed by atoms with van der Waals surface area (Å²) in [5.41, 5.74) is 0.425. The predicted octanol–water partition coefficient (Wildman–Crippen LogP) is 4.20. The maximum absolute atomic E-state index is 12.8. The Kier molecular flexibility index (Phi) is 6.07. The summed E-state index contributed by atoms with van der Waals surface area (Å²) in [5, 5.41) is 15.7. The van der Waals surface area contributed by atoms with Gasteiger partial charge < -0.3 is 9.67 Å². The number of fused-ring (bicyclic) bond motifs is 1. The first-order chi connectivity index (χ1) is 11.7. The van der Waals surface area contributed by atoms with Crippen molar-refractivity contribution in [3.05, 3.63) is 52.9 Å². The first kappa shape index (κ1) is 19.3. The zero-order chi connectivity index (χ0) is 18.6. The molecule has 0 aliphatic rings. The van der Waals surface area contributed by atoms with Crippen LogP contribution in [0.1, 0.15) is 5.56 Å². The molecule has 25 heavy (non-hydrogen) atoms. The Hall–Kier alpha value is -2.07. The molecule has 1 N–H and O–H groups in total. The molecule has 0 fully saturated rings. The van der Waals surface area contributed by atoms with Crippen molar-refractivity contribution in [3.8, 4) is 5.69 Å². The first-order valence-electron chi connectivity index (χ1n) is 6.71. The Bertz CT molecular complexity index is 885. The van der Waals surface area contributed by atoms with E-state index < -0.39 is 17.7 Å². The summed E-state index contributed by atoms with van der Waals surface area (Å²) >= 11 is 6.77. The second kappa shape index (κ2) is 7.87. The molecule has 0 aliphatic carbocycles. The van der Waals surface area contributed by atoms with Crippen LogP contribution in [-0.2, 0) is 11.0 Å². The molecule has 0 aliphatic heterocycles. The van der Waals surface area contributed by atoms with Crippen molar-refractivity contribution >= 4 is 45.4 Å². The third kappa shape index (κ3) is 4.73. The lowest BCUT2D eigenvalue weighted by Gasteiger charge is -2.08. The quantitative estimate of drug-likeness (QED) is 0.594. The fraction of sp³-hybridized carbons (Fsp3) is 0.133. The summed E-state index contributed by atoms with van der Waals surface area (Å²) in [7, 11) is 0. The van der Waals surface area contributed by atoms with Crippen molar-refractivity contribution in [1.82, 2.24) is 14.8 Å². The van der Waals surface area contributed by atoms with E-state index >= 15 is 0 Å². The van der Waals surface area contributed by atoms with E-state index in [0.717, 1.165) is 16.6 Å². The van der Waals surface area contributed by atoms with Gasteiger partial charge >= 0.3 is 12.1 Å². The average molecular weight is 434 g/mol. The predicted molar refractivity (Wildman–Crippen MR) is 93.1 cm³/mol. The second-order valence-corrected chi connectivity index (χ2v) is 5.90. The Morgan fingerprint density at radius 2 is 1.96 bits per heavy atom. The highest BCUT2D eigenvalue weighted by Gasteiger charge is 2.31. The number of carboxylic acids is 1. The lowest BCUT2D eigenvalue weighted by Crippen LogP contribution is -2.04. The number of aromatic nitrogens is 3. The highest BCUT2D eigenvalue weighted by molar-refractivity contribution is 9.10. The van der Waals surface area contributed by atoms with Gasteiger partial charge in [-0.25, -0.2) is 0 Å². The van der Waals surface area contributed by atoms with Gasteiger partial charge in [-0.1, -0.05) is 6.07 Å². The monoisotopic (exact) mass is 433 g/mol. The Morgan fingerprint density at radius 3 is 2.48 bits per heavy atom. The van der Waals surface area contributed by atoms with E-state index in [1.807, 2.05) is 0 Å². The zero-order valence-electron chi connectivity index (χ0n) is 12.4. The van der Waals surface area contributed by atoms with Crippen molar-refractivity contribution < 1.29 is 23.1 Å². The number of carbonyl (C=O) groups is 1. The number of hydrogen-bond acceptors (Lipinski definition) is 4. The molecule has 0 spiro atoms. The summed E-state index contributed by atoms with van der Waals surface area (Å²) in [4.78, 5) is 9.29. The number of benzene rings is 1. The van der Waals surface area contributed by atoms with E-state index in [1.165, 1.54) is 18.5 Å². The van der Waals surface area contributed by atoms with Gasteiger partial charge in [0.15, 0.2) is 0 Å². The van der Waals surface area contributed by atoms with E-state index in [-0.39, 0.29) is 5.75 Å². The molecule has 2 heterocycles. The zero-order valence-corrected chi connectivity index (χ0v) is 14.9. The van der Waals surface area contributed by atoms with E-state index in [2.05, 4.69) is 38.8 Å². The van der Waals surface area contributed by atoms with Crippen LogP contribution in [0.3, 0.4) is 0 Å². The SMILES string of the molecule is FC(F)(F)c1ccc2c(Br)cn(-c3ccnnc3)c2c1.O=C(O)CS. The van der Waals surface area contributed by atoms with Gasteiger partial charge in [0.2, 0.25) is 0 Å². The van der Waals surface area contributed by atoms with Crippen LogP contribution in [0.4, 0.5) is 13.2 Å². The third-order valence-corrected chi connectivity index (χ3v) is 3.97. The molecular formula is C15H11BrF3N3O2S. The number of carboxylic acid groups (broad SMARTS) is 1. The Labute approximate surface area is 154 Å². The molecule has 2 aromatic heterocycles. The number of thiol groups is 1. The van der Waals surface area contributed by atoms with Crippen LogP contribution in [0.5, 0.6) is 0 Å². The van der Waals surface area contributed by atoms with Crippen LogP contribution in [0.2, 0.25) is 0 Å². The minimum absolute atomic E-state index is 0.0833. The van der Waals surface area contributed by atoms with Crippen LogP contribution >= 0.6 is 28.6 Å². The molecule has 3 aromatic rings. The third-order valence-electron chi connectivity index (χ3n) is 3.07. The normalized spacial score (nSPS) is 11.1. The molecule has 0 atom stereocenters. The highest BCUT2D eigenvalue weighted by Crippen LogP contribution is 2.35. The standard InChI is InChI=1S/C13H7BrF3N3.C2H4O2S/c14-11-7-20(9-3-4-18-19-6-9)12-5-8(13(15,16)17)1-2-10(11)12;3-2(4)1-5/h1-7H;5H,1H2,(H,3,4). The minimum Gasteiger partial charge on any atom is -0.481 e. The number of alkyl halides is 3. The summed E-state index contributed by atoms with van der Waals surface area (Å²) in [6.45, 7) is 0. The van der Waals surface area contributed by atoms with Crippen molar-refractivity contribution in [3.63, 3.8) is 0 Å². The number of hydrogen-bond donors (Lipinski definition) is 2. The molecule has 0 saturated heterocycles. The van der Waals surface area contributed by atoms with Gasteiger partial charge in [0, 0.05) is 16.1 Å². The van der Waals surface area contributed by atoms with Crippen molar-refractivity contribution in [1.29, 1.82) is 0 Å². The van der Waals surface area contributed by atoms with Gasteiger partial charge in [0.05, 0.1) is 34.9 Å². The van der Waals surface area contributed by atoms with Crippen molar-refractivity contribution in [2.75, 3.05) is 5.75 Å². The summed E-state index contributed by atoms with van der Waals surface area (Å²) in [5.74, 6) is -0.965. The molecule has 0 saturated carbocycles. The molecule has 0 amide bonds. The molecule has 3 rings (SSSR count). The fourth-order valence-corrected chi connectivity index (χ4v) is 2.54. The summed E-state index contributed by atoms with van der Waals surface area (Å²) in [6, 6.07) is 5.33. The van der Waals surface area contributed by atoms with Crippen LogP contribution in [0.15, 0.2) is 47.3 Å². The lowest BCUT2D eigenvalue weighted by molar-refractivity contribution is -0.137. The summed E-state index contributed by atoms with van der Waals surface area (Å²) in [6.07, 6.45) is 0.322. The molecular weight excluding hydrogens is 423 g/mol. The van der Waals surface area contributed by atoms with Crippen LogP contribution in [0, 0.1) is 0 Å². The maximum atomic E-state index is 12.8. The topological polar surface area (TPSA) is 68.0 Å². The second-order valence-electron chi connectivity index (χ2n) is 4.73. The van der Waals surface area contributed by atoms with E-state index in [4.69, 9.17) is 5.11 Å². The maximum Gasteiger partial charge on any atom is 0.416 e. The Morgan fingerprint density at radius 1 is 1.28 bits per heavy atom. The van der Waals surface area contributed by atoms with Crippen molar-refractivity contribution in [2.45, 2.75) is 6.18 Å². The van der Waals surface area contributed by atoms with Crippen LogP contribution in [-0.4, -0.2) is 31.6 Å². The molecule has 0 unspecified atom stereocenters. The fourth-order valence-electron chi connectivity index (χ4n) is 2.00. The average Bonchev–Trinajstić information content (AvgIpc) is 2.92. The lowest BCUT2D eigenvalue weighted by atomic mass is 10.1. The highest BCUT2D eigenvalue weighted by atomic mass is 79.9. The largest absolute Gasteiger partial charge is 0.481 e. The number of nitrogens with zero attached hydrogens (tertiary/aromatic N) is 3. The smallest absolute Gasteiger partial charge is 0.416 e. The minimum atomic E-state index is -4.37. The molecule has 132 valence electrons.